The quantitative estimate of drug-likeness (QED) is 0.316. The molecule has 0 radical (unpaired) electrons. The van der Waals surface area contributed by atoms with Crippen molar-refractivity contribution in [2.24, 2.45) is 0 Å². The van der Waals surface area contributed by atoms with E-state index >= 15 is 0 Å². The number of ether oxygens (including phenoxy) is 1. The minimum absolute atomic E-state index is 0.181. The summed E-state index contributed by atoms with van der Waals surface area (Å²) in [5.74, 6) is 0. The molecule has 0 amide bonds. The lowest BCUT2D eigenvalue weighted by Gasteiger charge is -2.06. The molecule has 1 atom stereocenters. The minimum atomic E-state index is -0.779. The molecule has 0 fully saturated rings. The summed E-state index contributed by atoms with van der Waals surface area (Å²) in [6.07, 6.45) is 14.9. The average molecular weight is 365 g/mol. The number of rotatable bonds is 14. The van der Waals surface area contributed by atoms with Crippen LogP contribution < -0.4 is 0 Å². The lowest BCUT2D eigenvalue weighted by atomic mass is 10.0. The first kappa shape index (κ1) is 24.8. The third-order valence-electron chi connectivity index (χ3n) is 4.22. The van der Waals surface area contributed by atoms with Crippen LogP contribution in [0.4, 0.5) is 0 Å². The highest BCUT2D eigenvalue weighted by Crippen LogP contribution is 2.13. The summed E-state index contributed by atoms with van der Waals surface area (Å²) < 4.78 is 5.29. The molecule has 0 saturated carbocycles. The van der Waals surface area contributed by atoms with Gasteiger partial charge < -0.3 is 14.9 Å². The van der Waals surface area contributed by atoms with Crippen molar-refractivity contribution in [3.8, 4) is 0 Å². The van der Waals surface area contributed by atoms with Gasteiger partial charge >= 0.3 is 0 Å². The van der Waals surface area contributed by atoms with Crippen LogP contribution in [0, 0.1) is 0 Å². The van der Waals surface area contributed by atoms with Crippen molar-refractivity contribution < 1.29 is 14.9 Å². The maximum absolute atomic E-state index is 9.19. The highest BCUT2D eigenvalue weighted by Gasteiger charge is 2.00. The van der Waals surface area contributed by atoms with Crippen molar-refractivity contribution in [1.82, 2.24) is 0 Å². The van der Waals surface area contributed by atoms with Gasteiger partial charge in [0.15, 0.2) is 0 Å². The minimum Gasteiger partial charge on any atom is -0.394 e. The van der Waals surface area contributed by atoms with Crippen LogP contribution in [0.3, 0.4) is 0 Å². The van der Waals surface area contributed by atoms with Gasteiger partial charge in [0.1, 0.15) is 6.10 Å². The van der Waals surface area contributed by atoms with Crippen LogP contribution in [0.2, 0.25) is 0 Å². The monoisotopic (exact) mass is 364 g/mol. The molecule has 26 heavy (non-hydrogen) atoms. The molecule has 0 aromatic heterocycles. The largest absolute Gasteiger partial charge is 0.394 e. The van der Waals surface area contributed by atoms with Crippen LogP contribution in [-0.4, -0.2) is 36.1 Å². The van der Waals surface area contributed by atoms with Crippen molar-refractivity contribution in [2.45, 2.75) is 79.2 Å². The van der Waals surface area contributed by atoms with E-state index in [9.17, 15) is 5.11 Å². The Bertz CT molecular complexity index is 480. The van der Waals surface area contributed by atoms with E-state index in [4.69, 9.17) is 9.84 Å². The molecule has 150 valence electrons. The maximum Gasteiger partial charge on any atom is 0.100 e. The topological polar surface area (TPSA) is 49.7 Å². The zero-order chi connectivity index (χ0) is 19.8. The standard InChI is InChI=1S/C23H40O3/c1-19(2)9-6-10-20(3)11-7-12-21(4)13-8-14-22(5)15-16-26-18-23(25)17-24/h9,11,13,15,23-25H,6-8,10,12,14,16-18H2,1-5H3/b20-11+,21-13+,22-15+/t23-/m1/s1. The molecule has 3 nitrogen and oxygen atoms in total. The van der Waals surface area contributed by atoms with E-state index < -0.39 is 6.10 Å². The fourth-order valence-electron chi connectivity index (χ4n) is 2.45. The highest BCUT2D eigenvalue weighted by molar-refractivity contribution is 5.07. The lowest BCUT2D eigenvalue weighted by molar-refractivity contribution is 0.0148. The molecule has 0 bridgehead atoms. The summed E-state index contributed by atoms with van der Waals surface area (Å²) in [7, 11) is 0. The normalized spacial score (nSPS) is 14.5. The first-order valence-corrected chi connectivity index (χ1v) is 9.82. The number of hydrogen-bond acceptors (Lipinski definition) is 3. The molecular weight excluding hydrogens is 324 g/mol. The molecule has 0 aliphatic rings. The molecule has 2 N–H and O–H groups in total. The molecule has 0 unspecified atom stereocenters. The van der Waals surface area contributed by atoms with Crippen molar-refractivity contribution in [3.63, 3.8) is 0 Å². The Morgan fingerprint density at radius 2 is 1.23 bits per heavy atom. The molecule has 0 heterocycles. The second-order valence-electron chi connectivity index (χ2n) is 7.42. The van der Waals surface area contributed by atoms with Crippen LogP contribution in [0.5, 0.6) is 0 Å². The molecule has 0 aliphatic heterocycles. The zero-order valence-electron chi connectivity index (χ0n) is 17.6. The number of aliphatic hydroxyl groups is 2. The smallest absolute Gasteiger partial charge is 0.100 e. The van der Waals surface area contributed by atoms with Gasteiger partial charge in [-0.05, 0) is 73.1 Å². The molecule has 0 aromatic carbocycles. The number of hydrogen-bond donors (Lipinski definition) is 2. The van der Waals surface area contributed by atoms with E-state index in [1.807, 2.05) is 6.08 Å². The summed E-state index contributed by atoms with van der Waals surface area (Å²) >= 11 is 0. The first-order valence-electron chi connectivity index (χ1n) is 9.82. The fraction of sp³-hybridized carbons (Fsp3) is 0.652. The maximum atomic E-state index is 9.19. The van der Waals surface area contributed by atoms with Gasteiger partial charge in [0.05, 0.1) is 19.8 Å². The molecule has 0 saturated heterocycles. The van der Waals surface area contributed by atoms with E-state index in [0.29, 0.717) is 6.61 Å². The Labute approximate surface area is 161 Å². The van der Waals surface area contributed by atoms with Crippen molar-refractivity contribution in [1.29, 1.82) is 0 Å². The summed E-state index contributed by atoms with van der Waals surface area (Å²) in [4.78, 5) is 0. The van der Waals surface area contributed by atoms with E-state index in [0.717, 1.165) is 38.5 Å². The number of aliphatic hydroxyl groups excluding tert-OH is 2. The average Bonchev–Trinajstić information content (AvgIpc) is 2.58. The van der Waals surface area contributed by atoms with E-state index in [1.54, 1.807) is 0 Å². The summed E-state index contributed by atoms with van der Waals surface area (Å²) in [6, 6.07) is 0. The molecular formula is C23H40O3. The molecule has 0 aromatic rings. The predicted molar refractivity (Wildman–Crippen MR) is 112 cm³/mol. The van der Waals surface area contributed by atoms with Gasteiger partial charge in [0.25, 0.3) is 0 Å². The van der Waals surface area contributed by atoms with Crippen LogP contribution in [0.1, 0.15) is 73.1 Å². The van der Waals surface area contributed by atoms with Crippen LogP contribution >= 0.6 is 0 Å². The van der Waals surface area contributed by atoms with Gasteiger partial charge in [-0.1, -0.05) is 46.6 Å². The summed E-state index contributed by atoms with van der Waals surface area (Å²) in [6.45, 7) is 11.3. The Morgan fingerprint density at radius 1 is 0.769 bits per heavy atom. The van der Waals surface area contributed by atoms with Gasteiger partial charge in [0, 0.05) is 0 Å². The molecule has 3 heteroatoms. The Kier molecular flexibility index (Phi) is 15.3. The molecule has 0 aliphatic carbocycles. The van der Waals surface area contributed by atoms with E-state index in [1.165, 1.54) is 22.3 Å². The SMILES string of the molecule is CC(C)=CCC/C(C)=C/CC/C(C)=C/CC/C(C)=C/COC[C@H](O)CO. The molecule has 0 rings (SSSR count). The van der Waals surface area contributed by atoms with Gasteiger partial charge in [0.2, 0.25) is 0 Å². The molecule has 0 spiro atoms. The second kappa shape index (κ2) is 16.0. The van der Waals surface area contributed by atoms with Gasteiger partial charge in [-0.15, -0.1) is 0 Å². The Hall–Kier alpha value is -1.16. The lowest BCUT2D eigenvalue weighted by Crippen LogP contribution is -2.19. The van der Waals surface area contributed by atoms with Crippen LogP contribution in [0.25, 0.3) is 0 Å². The van der Waals surface area contributed by atoms with E-state index in [-0.39, 0.29) is 13.2 Å². The first-order chi connectivity index (χ1) is 12.3. The van der Waals surface area contributed by atoms with Gasteiger partial charge in [-0.25, -0.2) is 0 Å². The van der Waals surface area contributed by atoms with E-state index in [2.05, 4.69) is 52.8 Å². The third-order valence-corrected chi connectivity index (χ3v) is 4.22. The van der Waals surface area contributed by atoms with Crippen LogP contribution in [-0.2, 0) is 4.74 Å². The summed E-state index contributed by atoms with van der Waals surface area (Å²) in [5, 5.41) is 17.9. The zero-order valence-corrected chi connectivity index (χ0v) is 17.6. The Morgan fingerprint density at radius 3 is 1.69 bits per heavy atom. The van der Waals surface area contributed by atoms with Crippen molar-refractivity contribution in [2.75, 3.05) is 19.8 Å². The number of allylic oxidation sites excluding steroid dienone is 7. The second-order valence-corrected chi connectivity index (χ2v) is 7.42. The van der Waals surface area contributed by atoms with Gasteiger partial charge in [-0.3, -0.25) is 0 Å². The van der Waals surface area contributed by atoms with Crippen molar-refractivity contribution in [3.05, 3.63) is 46.6 Å². The van der Waals surface area contributed by atoms with Gasteiger partial charge in [-0.2, -0.15) is 0 Å². The fourth-order valence-corrected chi connectivity index (χ4v) is 2.45. The van der Waals surface area contributed by atoms with Crippen molar-refractivity contribution >= 4 is 0 Å². The third kappa shape index (κ3) is 16.3. The predicted octanol–water partition coefficient (Wildman–Crippen LogP) is 5.50. The summed E-state index contributed by atoms with van der Waals surface area (Å²) in [5.41, 5.74) is 5.63. The van der Waals surface area contributed by atoms with Crippen LogP contribution in [0.15, 0.2) is 46.6 Å². The highest BCUT2D eigenvalue weighted by atomic mass is 16.5. The Balaban J connectivity index is 3.94.